The van der Waals surface area contributed by atoms with Gasteiger partial charge in [-0.05, 0) is 36.4 Å². The number of nitrogens with zero attached hydrogens (tertiary/aromatic N) is 4. The van der Waals surface area contributed by atoms with Crippen LogP contribution in [-0.4, -0.2) is 46.2 Å². The predicted octanol–water partition coefficient (Wildman–Crippen LogP) is 5.94. The van der Waals surface area contributed by atoms with Gasteiger partial charge >= 0.3 is 6.09 Å². The number of benzene rings is 3. The van der Waals surface area contributed by atoms with Gasteiger partial charge in [-0.2, -0.15) is 0 Å². The van der Waals surface area contributed by atoms with Crippen molar-refractivity contribution in [2.75, 3.05) is 24.5 Å². The Balaban J connectivity index is 1.20. The summed E-state index contributed by atoms with van der Waals surface area (Å²) in [4.78, 5) is 26.3. The molecule has 7 heteroatoms. The minimum Gasteiger partial charge on any atom is -0.441 e. The molecule has 0 radical (unpaired) electrons. The number of halogens is 1. The van der Waals surface area contributed by atoms with E-state index in [0.29, 0.717) is 18.9 Å². The molecule has 37 heavy (non-hydrogen) atoms. The molecule has 0 saturated carbocycles. The van der Waals surface area contributed by atoms with E-state index in [1.807, 2.05) is 66.9 Å². The lowest BCUT2D eigenvalue weighted by atomic mass is 9.91. The molecule has 0 atom stereocenters. The molecule has 2 aliphatic heterocycles. The Morgan fingerprint density at radius 1 is 0.865 bits per heavy atom. The summed E-state index contributed by atoms with van der Waals surface area (Å²) in [7, 11) is 0. The molecule has 2 aliphatic rings. The molecule has 3 aromatic carbocycles. The zero-order chi connectivity index (χ0) is 25.2. The molecule has 2 saturated heterocycles. The van der Waals surface area contributed by atoms with Gasteiger partial charge in [-0.15, -0.1) is 0 Å². The number of rotatable bonds is 5. The topological polar surface area (TPSA) is 58.6 Å². The van der Waals surface area contributed by atoms with Gasteiger partial charge in [0.2, 0.25) is 0 Å². The molecule has 0 N–H and O–H groups in total. The van der Waals surface area contributed by atoms with Gasteiger partial charge in [0.05, 0.1) is 12.2 Å². The molecule has 6 nitrogen and oxygen atoms in total. The van der Waals surface area contributed by atoms with Gasteiger partial charge in [0.15, 0.2) is 5.82 Å². The van der Waals surface area contributed by atoms with Crippen LogP contribution < -0.4 is 4.90 Å². The van der Waals surface area contributed by atoms with E-state index in [2.05, 4.69) is 9.88 Å². The third kappa shape index (κ3) is 4.82. The highest BCUT2D eigenvalue weighted by molar-refractivity contribution is 5.90. The summed E-state index contributed by atoms with van der Waals surface area (Å²) in [6.45, 7) is 2.81. The zero-order valence-corrected chi connectivity index (χ0v) is 20.4. The highest BCUT2D eigenvalue weighted by atomic mass is 19.1. The number of amides is 1. The van der Waals surface area contributed by atoms with E-state index >= 15 is 0 Å². The zero-order valence-electron chi connectivity index (χ0n) is 20.4. The standard InChI is InChI=1S/C30H27FN4O2/c31-25-13-11-22(12-14-25)27-24(19-32-28(33-27)23-7-3-1-4-8-23)20-34-17-15-30(16-18-34)21-35(29(36)37-30)26-9-5-2-6-10-26/h1-14,19H,15-18,20-21H2. The lowest BCUT2D eigenvalue weighted by Crippen LogP contribution is -2.46. The van der Waals surface area contributed by atoms with E-state index in [1.54, 1.807) is 17.0 Å². The number of piperidine rings is 1. The minimum absolute atomic E-state index is 0.275. The van der Waals surface area contributed by atoms with Crippen LogP contribution in [0.3, 0.4) is 0 Å². The number of aromatic nitrogens is 2. The summed E-state index contributed by atoms with van der Waals surface area (Å²) in [5.41, 5.74) is 3.98. The molecule has 1 aromatic heterocycles. The van der Waals surface area contributed by atoms with Gasteiger partial charge in [-0.25, -0.2) is 19.2 Å². The molecule has 2 fully saturated rings. The van der Waals surface area contributed by atoms with Crippen LogP contribution in [0, 0.1) is 5.82 Å². The van der Waals surface area contributed by atoms with E-state index in [-0.39, 0.29) is 11.9 Å². The summed E-state index contributed by atoms with van der Waals surface area (Å²) >= 11 is 0. The van der Waals surface area contributed by atoms with Crippen molar-refractivity contribution in [1.82, 2.24) is 14.9 Å². The molecular weight excluding hydrogens is 467 g/mol. The number of likely N-dealkylation sites (tertiary alicyclic amines) is 1. The van der Waals surface area contributed by atoms with Crippen LogP contribution >= 0.6 is 0 Å². The van der Waals surface area contributed by atoms with Crippen LogP contribution in [0.15, 0.2) is 91.1 Å². The summed E-state index contributed by atoms with van der Waals surface area (Å²) in [6, 6.07) is 26.0. The van der Waals surface area contributed by atoms with E-state index in [0.717, 1.165) is 54.0 Å². The van der Waals surface area contributed by atoms with Crippen molar-refractivity contribution < 1.29 is 13.9 Å². The summed E-state index contributed by atoms with van der Waals surface area (Å²) in [6.07, 6.45) is 3.13. The van der Waals surface area contributed by atoms with E-state index < -0.39 is 5.60 Å². The van der Waals surface area contributed by atoms with Crippen LogP contribution in [0.5, 0.6) is 0 Å². The first-order valence-corrected chi connectivity index (χ1v) is 12.5. The van der Waals surface area contributed by atoms with Crippen molar-refractivity contribution in [3.8, 4) is 22.6 Å². The third-order valence-electron chi connectivity index (χ3n) is 7.21. The lowest BCUT2D eigenvalue weighted by Gasteiger charge is -2.37. The van der Waals surface area contributed by atoms with Gasteiger partial charge in [0, 0.05) is 61.1 Å². The number of para-hydroxylation sites is 1. The Kier molecular flexibility index (Phi) is 6.14. The Morgan fingerprint density at radius 3 is 2.24 bits per heavy atom. The van der Waals surface area contributed by atoms with E-state index in [1.165, 1.54) is 12.1 Å². The second-order valence-electron chi connectivity index (χ2n) is 9.69. The normalized spacial score (nSPS) is 17.2. The van der Waals surface area contributed by atoms with Gasteiger partial charge in [0.1, 0.15) is 11.4 Å². The molecule has 0 aliphatic carbocycles. The second kappa shape index (κ2) is 9.75. The predicted molar refractivity (Wildman–Crippen MR) is 140 cm³/mol. The molecule has 3 heterocycles. The average molecular weight is 495 g/mol. The van der Waals surface area contributed by atoms with Crippen molar-refractivity contribution in [3.05, 3.63) is 103 Å². The highest BCUT2D eigenvalue weighted by Gasteiger charge is 2.47. The molecule has 0 bridgehead atoms. The Morgan fingerprint density at radius 2 is 1.54 bits per heavy atom. The average Bonchev–Trinajstić information content (AvgIpc) is 3.27. The van der Waals surface area contributed by atoms with Crippen molar-refractivity contribution in [1.29, 1.82) is 0 Å². The number of carbonyl (C=O) groups excluding carboxylic acids is 1. The molecule has 1 amide bonds. The fraction of sp³-hybridized carbons (Fsp3) is 0.233. The maximum Gasteiger partial charge on any atom is 0.415 e. The second-order valence-corrected chi connectivity index (χ2v) is 9.69. The number of anilines is 1. The molecule has 6 rings (SSSR count). The first-order valence-electron chi connectivity index (χ1n) is 12.5. The van der Waals surface area contributed by atoms with Crippen molar-refractivity contribution >= 4 is 11.8 Å². The number of ether oxygens (including phenoxy) is 1. The fourth-order valence-corrected chi connectivity index (χ4v) is 5.16. The van der Waals surface area contributed by atoms with Crippen LogP contribution in [0.1, 0.15) is 18.4 Å². The minimum atomic E-state index is -0.461. The van der Waals surface area contributed by atoms with Crippen LogP contribution in [0.2, 0.25) is 0 Å². The number of carbonyl (C=O) groups is 1. The van der Waals surface area contributed by atoms with E-state index in [9.17, 15) is 9.18 Å². The van der Waals surface area contributed by atoms with Gasteiger partial charge in [-0.1, -0.05) is 48.5 Å². The monoisotopic (exact) mass is 494 g/mol. The van der Waals surface area contributed by atoms with Gasteiger partial charge in [0.25, 0.3) is 0 Å². The first kappa shape index (κ1) is 23.3. The Bertz CT molecular complexity index is 1390. The summed E-state index contributed by atoms with van der Waals surface area (Å²) < 4.78 is 19.6. The Labute approximate surface area is 215 Å². The van der Waals surface area contributed by atoms with Gasteiger partial charge < -0.3 is 4.74 Å². The quantitative estimate of drug-likeness (QED) is 0.344. The number of hydrogen-bond acceptors (Lipinski definition) is 5. The summed E-state index contributed by atoms with van der Waals surface area (Å²) in [5.74, 6) is 0.361. The van der Waals surface area contributed by atoms with Crippen molar-refractivity contribution in [2.45, 2.75) is 25.0 Å². The van der Waals surface area contributed by atoms with E-state index in [4.69, 9.17) is 9.72 Å². The maximum atomic E-state index is 13.6. The molecule has 4 aromatic rings. The van der Waals surface area contributed by atoms with Crippen molar-refractivity contribution in [2.24, 2.45) is 0 Å². The smallest absolute Gasteiger partial charge is 0.415 e. The Hall–Kier alpha value is -4.10. The van der Waals surface area contributed by atoms with Crippen LogP contribution in [0.4, 0.5) is 14.9 Å². The third-order valence-corrected chi connectivity index (χ3v) is 7.21. The largest absolute Gasteiger partial charge is 0.441 e. The molecule has 0 unspecified atom stereocenters. The fourth-order valence-electron chi connectivity index (χ4n) is 5.16. The SMILES string of the molecule is O=C1OC2(CCN(Cc3cnc(-c4ccccc4)nc3-c3ccc(F)cc3)CC2)CN1c1ccccc1. The molecule has 1 spiro atoms. The summed E-state index contributed by atoms with van der Waals surface area (Å²) in [5, 5.41) is 0. The first-order chi connectivity index (χ1) is 18.1. The van der Waals surface area contributed by atoms with Crippen LogP contribution in [-0.2, 0) is 11.3 Å². The lowest BCUT2D eigenvalue weighted by molar-refractivity contribution is -0.000966. The highest BCUT2D eigenvalue weighted by Crippen LogP contribution is 2.36. The maximum absolute atomic E-state index is 13.6. The number of hydrogen-bond donors (Lipinski definition) is 0. The van der Waals surface area contributed by atoms with Crippen molar-refractivity contribution in [3.63, 3.8) is 0 Å². The van der Waals surface area contributed by atoms with Gasteiger partial charge in [-0.3, -0.25) is 9.80 Å². The molecule has 186 valence electrons. The van der Waals surface area contributed by atoms with Crippen LogP contribution in [0.25, 0.3) is 22.6 Å². The molecular formula is C30H27FN4O2.